The smallest absolute Gasteiger partial charge is 0.139 e. The van der Waals surface area contributed by atoms with Crippen molar-refractivity contribution in [1.29, 1.82) is 0 Å². The van der Waals surface area contributed by atoms with Gasteiger partial charge in [-0.1, -0.05) is 5.92 Å². The van der Waals surface area contributed by atoms with Gasteiger partial charge in [-0.15, -0.1) is 0 Å². The molecule has 3 aromatic heterocycles. The molecule has 0 bridgehead atoms. The first-order chi connectivity index (χ1) is 15.2. The summed E-state index contributed by atoms with van der Waals surface area (Å²) >= 11 is 1.68. The second kappa shape index (κ2) is 8.64. The molecular weight excluding hydrogens is 404 g/mol. The Kier molecular flexibility index (Phi) is 5.40. The molecule has 1 fully saturated rings. The largest absolute Gasteiger partial charge is 0.383 e. The standard InChI is InChI=1S/C24H20N6S/c25-24-16(2-1-12-27-24)3-10-22-21-14-23(28-15-17(21)11-13-26-22)29-18-6-8-20(9-7-18)31-30-19-4-5-19/h1-2,6-9,11-15,19,30H,4-5H2,(H2,25,27)(H,28,29). The molecule has 4 aromatic rings. The lowest BCUT2D eigenvalue weighted by Crippen LogP contribution is -2.04. The Bertz CT molecular complexity index is 1290. The Morgan fingerprint density at radius 2 is 1.84 bits per heavy atom. The van der Waals surface area contributed by atoms with E-state index >= 15 is 0 Å². The molecular formula is C24H20N6S. The molecule has 5 rings (SSSR count). The lowest BCUT2D eigenvalue weighted by molar-refractivity contribution is 0.970. The van der Waals surface area contributed by atoms with Crippen LogP contribution in [-0.4, -0.2) is 21.0 Å². The normalized spacial score (nSPS) is 12.9. The van der Waals surface area contributed by atoms with Gasteiger partial charge in [0.25, 0.3) is 0 Å². The van der Waals surface area contributed by atoms with Crippen LogP contribution in [0.4, 0.5) is 17.3 Å². The summed E-state index contributed by atoms with van der Waals surface area (Å²) < 4.78 is 3.45. The van der Waals surface area contributed by atoms with E-state index in [1.54, 1.807) is 24.3 Å². The highest BCUT2D eigenvalue weighted by Gasteiger charge is 2.20. The van der Waals surface area contributed by atoms with Crippen LogP contribution >= 0.6 is 11.9 Å². The van der Waals surface area contributed by atoms with Gasteiger partial charge in [0.1, 0.15) is 17.3 Å². The number of nitrogens with one attached hydrogen (secondary N) is 2. The van der Waals surface area contributed by atoms with E-state index in [1.165, 1.54) is 17.7 Å². The summed E-state index contributed by atoms with van der Waals surface area (Å²) in [5.74, 6) is 7.34. The monoisotopic (exact) mass is 424 g/mol. The molecule has 4 N–H and O–H groups in total. The van der Waals surface area contributed by atoms with Crippen LogP contribution in [-0.2, 0) is 0 Å². The van der Waals surface area contributed by atoms with Gasteiger partial charge in [-0.25, -0.2) is 15.0 Å². The van der Waals surface area contributed by atoms with Gasteiger partial charge in [0.05, 0.1) is 5.56 Å². The predicted octanol–water partition coefficient (Wildman–Crippen LogP) is 4.51. The number of nitrogen functional groups attached to an aromatic ring is 1. The first kappa shape index (κ1) is 19.4. The van der Waals surface area contributed by atoms with Crippen LogP contribution in [0.15, 0.2) is 72.0 Å². The van der Waals surface area contributed by atoms with Gasteiger partial charge in [0.2, 0.25) is 0 Å². The van der Waals surface area contributed by atoms with Crippen LogP contribution in [0.25, 0.3) is 10.8 Å². The zero-order valence-corrected chi connectivity index (χ0v) is 17.5. The molecule has 7 heteroatoms. The van der Waals surface area contributed by atoms with Crippen LogP contribution in [0.1, 0.15) is 24.1 Å². The van der Waals surface area contributed by atoms with E-state index in [2.05, 4.69) is 61.1 Å². The fourth-order valence-electron chi connectivity index (χ4n) is 2.99. The maximum absolute atomic E-state index is 5.90. The van der Waals surface area contributed by atoms with Crippen molar-refractivity contribution >= 4 is 40.0 Å². The summed E-state index contributed by atoms with van der Waals surface area (Å²) in [6.07, 6.45) is 7.76. The average molecular weight is 425 g/mol. The summed E-state index contributed by atoms with van der Waals surface area (Å²) in [6, 6.07) is 16.5. The van der Waals surface area contributed by atoms with E-state index in [-0.39, 0.29) is 0 Å². The SMILES string of the molecule is Nc1ncccc1C#Cc1nccc2cnc(Nc3ccc(SNC4CC4)cc3)cc12. The molecule has 152 valence electrons. The second-order valence-electron chi connectivity index (χ2n) is 7.28. The highest BCUT2D eigenvalue weighted by molar-refractivity contribution is 7.97. The Hall–Kier alpha value is -3.60. The van der Waals surface area contributed by atoms with Crippen LogP contribution in [0.5, 0.6) is 0 Å². The number of fused-ring (bicyclic) bond motifs is 1. The summed E-state index contributed by atoms with van der Waals surface area (Å²) in [5, 5.41) is 5.26. The van der Waals surface area contributed by atoms with Gasteiger partial charge in [0.15, 0.2) is 0 Å². The summed E-state index contributed by atoms with van der Waals surface area (Å²) in [5.41, 5.74) is 8.22. The number of anilines is 3. The lowest BCUT2D eigenvalue weighted by Gasteiger charge is -2.08. The molecule has 0 amide bonds. The molecule has 3 heterocycles. The Labute approximate surface area is 184 Å². The fourth-order valence-corrected chi connectivity index (χ4v) is 3.80. The maximum atomic E-state index is 5.90. The highest BCUT2D eigenvalue weighted by Crippen LogP contribution is 2.27. The Morgan fingerprint density at radius 3 is 2.65 bits per heavy atom. The summed E-state index contributed by atoms with van der Waals surface area (Å²) in [7, 11) is 0. The Balaban J connectivity index is 1.38. The van der Waals surface area contributed by atoms with E-state index in [1.807, 2.05) is 30.5 Å². The Morgan fingerprint density at radius 1 is 0.968 bits per heavy atom. The fraction of sp³-hybridized carbons (Fsp3) is 0.125. The number of hydrogen-bond acceptors (Lipinski definition) is 7. The van der Waals surface area contributed by atoms with Crippen molar-refractivity contribution in [1.82, 2.24) is 19.7 Å². The number of rotatable bonds is 5. The van der Waals surface area contributed by atoms with Crippen LogP contribution < -0.4 is 15.8 Å². The van der Waals surface area contributed by atoms with Crippen LogP contribution in [0.3, 0.4) is 0 Å². The van der Waals surface area contributed by atoms with Crippen LogP contribution in [0, 0.1) is 11.8 Å². The van der Waals surface area contributed by atoms with Gasteiger partial charge in [0, 0.05) is 46.0 Å². The van der Waals surface area contributed by atoms with Crippen LogP contribution in [0.2, 0.25) is 0 Å². The van der Waals surface area contributed by atoms with Crippen molar-refractivity contribution in [3.8, 4) is 11.8 Å². The predicted molar refractivity (Wildman–Crippen MR) is 126 cm³/mol. The van der Waals surface area contributed by atoms with Gasteiger partial charge in [-0.05, 0) is 79.2 Å². The van der Waals surface area contributed by atoms with Crippen molar-refractivity contribution < 1.29 is 0 Å². The molecule has 0 aliphatic heterocycles. The van der Waals surface area contributed by atoms with E-state index in [0.29, 0.717) is 23.1 Å². The summed E-state index contributed by atoms with van der Waals surface area (Å²) in [6.45, 7) is 0. The quantitative estimate of drug-likeness (QED) is 0.321. The number of benzene rings is 1. The van der Waals surface area contributed by atoms with Gasteiger partial charge in [-0.2, -0.15) is 0 Å². The summed E-state index contributed by atoms with van der Waals surface area (Å²) in [4.78, 5) is 14.3. The molecule has 1 aliphatic carbocycles. The number of nitrogens with two attached hydrogens (primary N) is 1. The molecule has 0 radical (unpaired) electrons. The number of aromatic nitrogens is 3. The zero-order chi connectivity index (χ0) is 21.0. The van der Waals surface area contributed by atoms with Crippen molar-refractivity contribution in [3.63, 3.8) is 0 Å². The van der Waals surface area contributed by atoms with Gasteiger partial charge >= 0.3 is 0 Å². The van der Waals surface area contributed by atoms with Gasteiger partial charge < -0.3 is 11.1 Å². The number of hydrogen-bond donors (Lipinski definition) is 3. The molecule has 1 aromatic carbocycles. The van der Waals surface area contributed by atoms with Crippen molar-refractivity contribution in [2.75, 3.05) is 11.1 Å². The minimum Gasteiger partial charge on any atom is -0.383 e. The molecule has 1 saturated carbocycles. The molecule has 6 nitrogen and oxygen atoms in total. The van der Waals surface area contributed by atoms with E-state index in [4.69, 9.17) is 5.73 Å². The van der Waals surface area contributed by atoms with Gasteiger partial charge in [-0.3, -0.25) is 4.72 Å². The third-order valence-electron chi connectivity index (χ3n) is 4.85. The van der Waals surface area contributed by atoms with Crippen molar-refractivity contribution in [3.05, 3.63) is 78.4 Å². The van der Waals surface area contributed by atoms with Crippen molar-refractivity contribution in [2.45, 2.75) is 23.8 Å². The first-order valence-electron chi connectivity index (χ1n) is 10.0. The number of pyridine rings is 3. The lowest BCUT2D eigenvalue weighted by atomic mass is 10.1. The molecule has 0 saturated heterocycles. The molecule has 0 spiro atoms. The topological polar surface area (TPSA) is 88.8 Å². The van der Waals surface area contributed by atoms with Crippen molar-refractivity contribution in [2.24, 2.45) is 0 Å². The molecule has 0 unspecified atom stereocenters. The number of nitrogens with zero attached hydrogens (tertiary/aromatic N) is 3. The van der Waals surface area contributed by atoms with E-state index in [0.717, 1.165) is 22.3 Å². The molecule has 31 heavy (non-hydrogen) atoms. The molecule has 1 aliphatic rings. The maximum Gasteiger partial charge on any atom is 0.139 e. The van der Waals surface area contributed by atoms with E-state index < -0.39 is 0 Å². The minimum absolute atomic E-state index is 0.410. The highest BCUT2D eigenvalue weighted by atomic mass is 32.2. The zero-order valence-electron chi connectivity index (χ0n) is 16.7. The third kappa shape index (κ3) is 4.77. The average Bonchev–Trinajstić information content (AvgIpc) is 3.63. The minimum atomic E-state index is 0.410. The molecule has 0 atom stereocenters. The third-order valence-corrected chi connectivity index (χ3v) is 5.81. The first-order valence-corrected chi connectivity index (χ1v) is 10.8. The second-order valence-corrected chi connectivity index (χ2v) is 8.19. The van der Waals surface area contributed by atoms with E-state index in [9.17, 15) is 0 Å².